The van der Waals surface area contributed by atoms with E-state index in [2.05, 4.69) is 4.74 Å². The number of hydrogen-bond donors (Lipinski definition) is 1. The number of carboxylic acids is 1. The largest absolute Gasteiger partial charge is 0.480 e. The van der Waals surface area contributed by atoms with Crippen LogP contribution < -0.4 is 0 Å². The highest BCUT2D eigenvalue weighted by atomic mass is 32.2. The molecule has 0 radical (unpaired) electrons. The summed E-state index contributed by atoms with van der Waals surface area (Å²) in [6, 6.07) is 5.57. The van der Waals surface area contributed by atoms with Gasteiger partial charge >= 0.3 is 11.9 Å². The number of carboxylic acid groups (broad SMARTS) is 1. The number of esters is 1. The van der Waals surface area contributed by atoms with Crippen LogP contribution in [0.2, 0.25) is 0 Å². The maximum absolute atomic E-state index is 12.7. The van der Waals surface area contributed by atoms with Gasteiger partial charge in [-0.3, -0.25) is 9.69 Å². The Balaban J connectivity index is 2.28. The van der Waals surface area contributed by atoms with Crippen molar-refractivity contribution in [2.45, 2.75) is 26.3 Å². The molecule has 2 atom stereocenters. The Morgan fingerprint density at radius 3 is 2.46 bits per heavy atom. The van der Waals surface area contributed by atoms with Gasteiger partial charge in [0.2, 0.25) is 0 Å². The van der Waals surface area contributed by atoms with E-state index >= 15 is 0 Å². The van der Waals surface area contributed by atoms with Gasteiger partial charge in [0.05, 0.1) is 17.6 Å². The van der Waals surface area contributed by atoms with Gasteiger partial charge in [0.15, 0.2) is 0 Å². The lowest BCUT2D eigenvalue weighted by Gasteiger charge is -2.27. The molecular weight excluding hydrogens is 374 g/mol. The topological polar surface area (TPSA) is 83.9 Å². The lowest BCUT2D eigenvalue weighted by molar-refractivity contribution is -0.147. The summed E-state index contributed by atoms with van der Waals surface area (Å²) in [5, 5.41) is 9.53. The molecule has 1 aromatic carbocycles. The molecule has 1 N–H and O–H groups in total. The third-order valence-corrected chi connectivity index (χ3v) is 5.50. The zero-order chi connectivity index (χ0) is 19.4. The summed E-state index contributed by atoms with van der Waals surface area (Å²) >= 11 is 6.33. The fourth-order valence-corrected chi connectivity index (χ4v) is 3.87. The first-order valence-electron chi connectivity index (χ1n) is 7.98. The quantitative estimate of drug-likeness (QED) is 0.451. The first-order valence-corrected chi connectivity index (χ1v) is 9.20. The zero-order valence-corrected chi connectivity index (χ0v) is 16.2. The first-order chi connectivity index (χ1) is 12.3. The van der Waals surface area contributed by atoms with Crippen molar-refractivity contribution in [2.24, 2.45) is 5.92 Å². The maximum Gasteiger partial charge on any atom is 0.337 e. The highest BCUT2D eigenvalue weighted by molar-refractivity contribution is 8.26. The highest BCUT2D eigenvalue weighted by Gasteiger charge is 2.42. The van der Waals surface area contributed by atoms with E-state index in [1.54, 1.807) is 37.3 Å². The van der Waals surface area contributed by atoms with Crippen LogP contribution in [0.25, 0.3) is 6.08 Å². The molecule has 0 spiro atoms. The number of methoxy groups -OCH3 is 1. The van der Waals surface area contributed by atoms with Crippen LogP contribution in [0.15, 0.2) is 29.2 Å². The molecule has 0 saturated carbocycles. The number of carbonyl (C=O) groups excluding carboxylic acids is 2. The second-order valence-corrected chi connectivity index (χ2v) is 7.51. The number of thiocarbonyl (C=S) groups is 1. The number of amides is 1. The van der Waals surface area contributed by atoms with Gasteiger partial charge in [-0.1, -0.05) is 56.4 Å². The molecule has 1 aliphatic rings. The molecule has 138 valence electrons. The summed E-state index contributed by atoms with van der Waals surface area (Å²) < 4.78 is 4.88. The van der Waals surface area contributed by atoms with Crippen molar-refractivity contribution in [2.75, 3.05) is 7.11 Å². The van der Waals surface area contributed by atoms with Gasteiger partial charge in [0.1, 0.15) is 10.4 Å². The molecule has 0 aromatic heterocycles. The van der Waals surface area contributed by atoms with Crippen molar-refractivity contribution >= 4 is 52.2 Å². The molecular formula is C18H19NO5S2. The first kappa shape index (κ1) is 20.1. The van der Waals surface area contributed by atoms with E-state index < -0.39 is 23.9 Å². The van der Waals surface area contributed by atoms with Gasteiger partial charge in [0.25, 0.3) is 5.91 Å². The minimum Gasteiger partial charge on any atom is -0.480 e. The molecule has 6 nitrogen and oxygen atoms in total. The van der Waals surface area contributed by atoms with E-state index in [0.29, 0.717) is 22.5 Å². The molecule has 0 aliphatic carbocycles. The maximum atomic E-state index is 12.7. The lowest BCUT2D eigenvalue weighted by Crippen LogP contribution is -2.47. The van der Waals surface area contributed by atoms with Crippen molar-refractivity contribution in [1.29, 1.82) is 0 Å². The Labute approximate surface area is 161 Å². The summed E-state index contributed by atoms with van der Waals surface area (Å²) in [5.41, 5.74) is 1.11. The molecule has 1 heterocycles. The van der Waals surface area contributed by atoms with Crippen molar-refractivity contribution in [3.8, 4) is 0 Å². The number of thioether (sulfide) groups is 1. The Bertz CT molecular complexity index is 772. The molecule has 1 aliphatic heterocycles. The molecule has 1 fully saturated rings. The van der Waals surface area contributed by atoms with Gasteiger partial charge in [-0.25, -0.2) is 9.59 Å². The summed E-state index contributed by atoms with van der Waals surface area (Å²) in [6.45, 7) is 3.66. The predicted octanol–water partition coefficient (Wildman–Crippen LogP) is 3.17. The fourth-order valence-electron chi connectivity index (χ4n) is 2.54. The van der Waals surface area contributed by atoms with Gasteiger partial charge in [0, 0.05) is 0 Å². The SMILES string of the molecule is CCC(C)C(C(=O)O)N1C(=O)C(=Cc2ccc(C(=O)OC)cc2)SC1=S. The third kappa shape index (κ3) is 4.13. The number of ether oxygens (including phenoxy) is 1. The third-order valence-electron chi connectivity index (χ3n) is 4.17. The summed E-state index contributed by atoms with van der Waals surface area (Å²) in [5.74, 6) is -2.15. The molecule has 2 rings (SSSR count). The smallest absolute Gasteiger partial charge is 0.337 e. The summed E-state index contributed by atoms with van der Waals surface area (Å²) in [7, 11) is 1.30. The van der Waals surface area contributed by atoms with Crippen LogP contribution in [-0.2, 0) is 14.3 Å². The number of carbonyl (C=O) groups is 3. The van der Waals surface area contributed by atoms with E-state index in [9.17, 15) is 19.5 Å². The Kier molecular flexibility index (Phi) is 6.55. The average molecular weight is 393 g/mol. The van der Waals surface area contributed by atoms with E-state index in [-0.39, 0.29) is 10.2 Å². The number of rotatable bonds is 6. The van der Waals surface area contributed by atoms with Crippen LogP contribution in [0, 0.1) is 5.92 Å². The number of benzene rings is 1. The normalized spacial score (nSPS) is 18.1. The molecule has 2 unspecified atom stereocenters. The van der Waals surface area contributed by atoms with Gasteiger partial charge in [-0.05, 0) is 29.7 Å². The average Bonchev–Trinajstić information content (AvgIpc) is 2.89. The van der Waals surface area contributed by atoms with Crippen LogP contribution in [0.3, 0.4) is 0 Å². The minimum absolute atomic E-state index is 0.228. The number of hydrogen-bond acceptors (Lipinski definition) is 6. The van der Waals surface area contributed by atoms with Crippen LogP contribution in [0.5, 0.6) is 0 Å². The molecule has 1 amide bonds. The minimum atomic E-state index is -1.07. The lowest BCUT2D eigenvalue weighted by atomic mass is 9.98. The van der Waals surface area contributed by atoms with Crippen LogP contribution in [-0.4, -0.2) is 45.3 Å². The van der Waals surface area contributed by atoms with Crippen molar-refractivity contribution in [1.82, 2.24) is 4.90 Å². The van der Waals surface area contributed by atoms with Gasteiger partial charge in [-0.15, -0.1) is 0 Å². The highest BCUT2D eigenvalue weighted by Crippen LogP contribution is 2.36. The van der Waals surface area contributed by atoms with E-state index in [0.717, 1.165) is 11.8 Å². The predicted molar refractivity (Wildman–Crippen MR) is 104 cm³/mol. The van der Waals surface area contributed by atoms with Crippen molar-refractivity contribution in [3.63, 3.8) is 0 Å². The van der Waals surface area contributed by atoms with Crippen LogP contribution in [0.4, 0.5) is 0 Å². The number of nitrogens with zero attached hydrogens (tertiary/aromatic N) is 1. The number of aliphatic carboxylic acids is 1. The molecule has 8 heteroatoms. The Morgan fingerprint density at radius 1 is 1.35 bits per heavy atom. The fraction of sp³-hybridized carbons (Fsp3) is 0.333. The summed E-state index contributed by atoms with van der Waals surface area (Å²) in [6.07, 6.45) is 2.25. The second-order valence-electron chi connectivity index (χ2n) is 5.83. The van der Waals surface area contributed by atoms with Gasteiger partial charge < -0.3 is 9.84 Å². The molecule has 1 aromatic rings. The molecule has 0 bridgehead atoms. The van der Waals surface area contributed by atoms with Gasteiger partial charge in [-0.2, -0.15) is 0 Å². The zero-order valence-electron chi connectivity index (χ0n) is 14.6. The van der Waals surface area contributed by atoms with Crippen LogP contribution >= 0.6 is 24.0 Å². The Morgan fingerprint density at radius 2 is 1.96 bits per heavy atom. The summed E-state index contributed by atoms with van der Waals surface area (Å²) in [4.78, 5) is 37.4. The Hall–Kier alpha value is -2.19. The van der Waals surface area contributed by atoms with Crippen LogP contribution in [0.1, 0.15) is 36.2 Å². The van der Waals surface area contributed by atoms with Crippen molar-refractivity contribution in [3.05, 3.63) is 40.3 Å². The second kappa shape index (κ2) is 8.46. The van der Waals surface area contributed by atoms with Crippen molar-refractivity contribution < 1.29 is 24.2 Å². The molecule has 1 saturated heterocycles. The van der Waals surface area contributed by atoms with E-state index in [1.807, 2.05) is 6.92 Å². The monoisotopic (exact) mass is 393 g/mol. The van der Waals surface area contributed by atoms with E-state index in [4.69, 9.17) is 12.2 Å². The standard InChI is InChI=1S/C18H19NO5S2/c1-4-10(2)14(16(21)22)19-15(20)13(26-18(19)25)9-11-5-7-12(8-6-11)17(23)24-3/h5-10,14H,4H2,1-3H3,(H,21,22). The molecule has 26 heavy (non-hydrogen) atoms. The van der Waals surface area contributed by atoms with E-state index in [1.165, 1.54) is 12.0 Å².